The summed E-state index contributed by atoms with van der Waals surface area (Å²) in [5.41, 5.74) is 0. The van der Waals surface area contributed by atoms with Crippen molar-refractivity contribution in [2.45, 2.75) is 34.7 Å². The molecule has 0 aromatic rings. The molecule has 0 aliphatic heterocycles. The molecule has 6 nitrogen and oxygen atoms in total. The minimum absolute atomic E-state index is 0.206. The first-order valence-electron chi connectivity index (χ1n) is 7.02. The van der Waals surface area contributed by atoms with E-state index < -0.39 is 32.4 Å². The van der Waals surface area contributed by atoms with E-state index in [1.54, 1.807) is 0 Å². The Labute approximate surface area is 147 Å². The van der Waals surface area contributed by atoms with E-state index in [-0.39, 0.29) is 33.3 Å². The normalized spacial score (nSPS) is 47.8. The maximum absolute atomic E-state index is 11.5. The summed E-state index contributed by atoms with van der Waals surface area (Å²) in [6, 6.07) is 0. The highest BCUT2D eigenvalue weighted by Crippen LogP contribution is 2.63. The van der Waals surface area contributed by atoms with Gasteiger partial charge in [0, 0.05) is 15.6 Å². The first-order valence-corrected chi connectivity index (χ1v) is 12.5. The average molecular weight is 482 g/mol. The predicted octanol–water partition coefficient (Wildman–Crippen LogP) is 1.49. The van der Waals surface area contributed by atoms with Gasteiger partial charge in [0.05, 0.1) is 24.7 Å². The largest absolute Gasteiger partial charge is 0.267 e. The van der Waals surface area contributed by atoms with Gasteiger partial charge in [0.25, 0.3) is 20.2 Å². The van der Waals surface area contributed by atoms with Crippen LogP contribution < -0.4 is 0 Å². The second-order valence-electron chi connectivity index (χ2n) is 6.52. The molecule has 0 saturated heterocycles. The molecule has 0 radical (unpaired) electrons. The van der Waals surface area contributed by atoms with E-state index in [2.05, 4.69) is 31.9 Å². The van der Waals surface area contributed by atoms with Gasteiger partial charge in [-0.1, -0.05) is 31.9 Å². The van der Waals surface area contributed by atoms with Crippen LogP contribution in [0.2, 0.25) is 0 Å². The molecule has 0 amide bonds. The van der Waals surface area contributed by atoms with Crippen molar-refractivity contribution < 1.29 is 25.2 Å². The number of halogens is 2. The van der Waals surface area contributed by atoms with Gasteiger partial charge < -0.3 is 0 Å². The Balaban J connectivity index is 1.91. The molecule has 8 atom stereocenters. The lowest BCUT2D eigenvalue weighted by Gasteiger charge is -2.24. The first kappa shape index (κ1) is 17.6. The van der Waals surface area contributed by atoms with Crippen LogP contribution in [0, 0.1) is 23.7 Å². The lowest BCUT2D eigenvalue weighted by Crippen LogP contribution is -2.33. The van der Waals surface area contributed by atoms with Crippen LogP contribution in [0.4, 0.5) is 0 Å². The Morgan fingerprint density at radius 1 is 0.773 bits per heavy atom. The summed E-state index contributed by atoms with van der Waals surface area (Å²) in [4.78, 5) is 0.467. The Kier molecular flexibility index (Phi) is 4.52. The van der Waals surface area contributed by atoms with Gasteiger partial charge >= 0.3 is 0 Å². The Hall–Kier alpha value is 0.780. The van der Waals surface area contributed by atoms with Crippen molar-refractivity contribution in [1.82, 2.24) is 0 Å². The van der Waals surface area contributed by atoms with Gasteiger partial charge in [-0.15, -0.1) is 0 Å². The van der Waals surface area contributed by atoms with E-state index in [1.807, 2.05) is 0 Å². The van der Waals surface area contributed by atoms with E-state index in [0.717, 1.165) is 12.5 Å². The molecule has 0 spiro atoms. The van der Waals surface area contributed by atoms with Crippen molar-refractivity contribution in [1.29, 1.82) is 0 Å². The molecule has 0 aromatic carbocycles. The number of hydrogen-bond donors (Lipinski definition) is 0. The molecule has 2 unspecified atom stereocenters. The van der Waals surface area contributed by atoms with Crippen molar-refractivity contribution in [2.24, 2.45) is 23.7 Å². The van der Waals surface area contributed by atoms with Crippen LogP contribution in [0.1, 0.15) is 12.8 Å². The molecule has 0 aromatic heterocycles. The minimum atomic E-state index is -3.59. The third-order valence-corrected chi connectivity index (χ3v) is 9.42. The lowest BCUT2D eigenvalue weighted by molar-refractivity contribution is 0.0771. The summed E-state index contributed by atoms with van der Waals surface area (Å²) in [7, 11) is -7.19. The van der Waals surface area contributed by atoms with E-state index in [9.17, 15) is 16.8 Å². The van der Waals surface area contributed by atoms with Crippen LogP contribution in [-0.4, -0.2) is 51.2 Å². The molecule has 3 rings (SSSR count). The lowest BCUT2D eigenvalue weighted by atomic mass is 9.92. The van der Waals surface area contributed by atoms with Crippen molar-refractivity contribution in [2.75, 3.05) is 12.5 Å². The van der Waals surface area contributed by atoms with Crippen LogP contribution in [0.3, 0.4) is 0 Å². The molecule has 3 fully saturated rings. The van der Waals surface area contributed by atoms with Crippen molar-refractivity contribution in [3.8, 4) is 0 Å². The zero-order chi connectivity index (χ0) is 16.4. The van der Waals surface area contributed by atoms with Crippen molar-refractivity contribution in [3.63, 3.8) is 0 Å². The van der Waals surface area contributed by atoms with E-state index in [0.29, 0.717) is 12.8 Å². The summed E-state index contributed by atoms with van der Waals surface area (Å²) in [6.45, 7) is 0. The SMILES string of the molecule is CS(=O)(=O)O[C@H]1C[C@H]2C3C1[C@H](OS(C)(=O)=O)C[C@@H]3[C@H](Br)[C@@H]2Br. The summed E-state index contributed by atoms with van der Waals surface area (Å²) in [6.07, 6.45) is 2.22. The Bertz CT molecular complexity index is 607. The molecule has 10 heteroatoms. The van der Waals surface area contributed by atoms with Crippen LogP contribution in [0.15, 0.2) is 0 Å². The number of alkyl halides is 2. The fraction of sp³-hybridized carbons (Fsp3) is 1.00. The third kappa shape index (κ3) is 3.15. The standard InChI is InChI=1S/C12H18Br2O6S2/c1-21(15,16)19-7-3-5-9-6(12(14)11(5)13)4-8(10(7)9)20-22(2,17)18/h5-12H,3-4H2,1-2H3/t5-,6-,7-,8+,9?,10?,11+,12-/m0/s1. The zero-order valence-corrected chi connectivity index (χ0v) is 16.9. The minimum Gasteiger partial charge on any atom is -0.267 e. The van der Waals surface area contributed by atoms with Gasteiger partial charge in [-0.25, -0.2) is 0 Å². The number of rotatable bonds is 4. The summed E-state index contributed by atoms with van der Waals surface area (Å²) in [5.74, 6) is 0.535. The molecular formula is C12H18Br2O6S2. The quantitative estimate of drug-likeness (QED) is 0.446. The predicted molar refractivity (Wildman–Crippen MR) is 88.1 cm³/mol. The highest BCUT2D eigenvalue weighted by molar-refractivity contribution is 9.12. The Morgan fingerprint density at radius 2 is 1.14 bits per heavy atom. The third-order valence-electron chi connectivity index (χ3n) is 5.02. The van der Waals surface area contributed by atoms with Gasteiger partial charge in [-0.2, -0.15) is 16.8 Å². The van der Waals surface area contributed by atoms with Crippen molar-refractivity contribution in [3.05, 3.63) is 0 Å². The molecular weight excluding hydrogens is 464 g/mol. The second kappa shape index (κ2) is 5.66. The molecule has 3 aliphatic carbocycles. The first-order chi connectivity index (χ1) is 9.98. The summed E-state index contributed by atoms with van der Waals surface area (Å²) >= 11 is 7.38. The van der Waals surface area contributed by atoms with Crippen LogP contribution in [0.25, 0.3) is 0 Å². The van der Waals surface area contributed by atoms with Gasteiger partial charge in [-0.05, 0) is 30.6 Å². The van der Waals surface area contributed by atoms with Gasteiger partial charge in [0.15, 0.2) is 0 Å². The van der Waals surface area contributed by atoms with E-state index >= 15 is 0 Å². The average Bonchev–Trinajstić information content (AvgIpc) is 2.90. The number of hydrogen-bond acceptors (Lipinski definition) is 6. The molecule has 0 bridgehead atoms. The second-order valence-corrected chi connectivity index (χ2v) is 11.8. The highest BCUT2D eigenvalue weighted by Gasteiger charge is 2.65. The van der Waals surface area contributed by atoms with Crippen molar-refractivity contribution >= 4 is 52.1 Å². The maximum atomic E-state index is 11.5. The summed E-state index contributed by atoms with van der Waals surface area (Å²) in [5, 5.41) is 0. The molecule has 3 saturated carbocycles. The van der Waals surface area contributed by atoms with Gasteiger partial charge in [0.1, 0.15) is 0 Å². The van der Waals surface area contributed by atoms with E-state index in [4.69, 9.17) is 8.37 Å². The van der Waals surface area contributed by atoms with E-state index in [1.165, 1.54) is 0 Å². The summed E-state index contributed by atoms with van der Waals surface area (Å²) < 4.78 is 56.6. The molecule has 3 aliphatic rings. The maximum Gasteiger partial charge on any atom is 0.264 e. The molecule has 22 heavy (non-hydrogen) atoms. The highest BCUT2D eigenvalue weighted by atomic mass is 79.9. The smallest absolute Gasteiger partial charge is 0.264 e. The van der Waals surface area contributed by atoms with Crippen LogP contribution in [0.5, 0.6) is 0 Å². The fourth-order valence-corrected chi connectivity index (χ4v) is 7.83. The molecule has 0 N–H and O–H groups in total. The topological polar surface area (TPSA) is 86.7 Å². The van der Waals surface area contributed by atoms with Gasteiger partial charge in [0.2, 0.25) is 0 Å². The van der Waals surface area contributed by atoms with Crippen LogP contribution >= 0.6 is 31.9 Å². The fourth-order valence-electron chi connectivity index (χ4n) is 4.60. The Morgan fingerprint density at radius 3 is 1.45 bits per heavy atom. The van der Waals surface area contributed by atoms with Gasteiger partial charge in [-0.3, -0.25) is 8.37 Å². The van der Waals surface area contributed by atoms with Crippen LogP contribution in [-0.2, 0) is 28.6 Å². The zero-order valence-electron chi connectivity index (χ0n) is 12.1. The monoisotopic (exact) mass is 480 g/mol. The molecule has 128 valence electrons. The molecule has 0 heterocycles.